The predicted molar refractivity (Wildman–Crippen MR) is 147 cm³/mol. The molecule has 4 aromatic rings. The molecule has 0 aliphatic heterocycles. The molecule has 9 heteroatoms. The maximum atomic E-state index is 13.0. The average molecular weight is 528 g/mol. The van der Waals surface area contributed by atoms with Gasteiger partial charge in [0.25, 0.3) is 11.8 Å². The van der Waals surface area contributed by atoms with Gasteiger partial charge in [-0.05, 0) is 67.1 Å². The standard InChI is InChI=1S/C30H33N5O4/c1-19-13-14-35-18-23(33-26(35)15-19)28(36)32-17-20-7-6-10-22(16-20)24-11-12-25(39-24)29(37)34-27(30(38)31-2)21-8-4-3-5-9-21/h6-7,10-16,18,21,27H,3-5,8-9,17H2,1-2H3,(H,31,38)(H,32,36)(H,34,37)/t27-/m0/s1. The smallest absolute Gasteiger partial charge is 0.287 e. The summed E-state index contributed by atoms with van der Waals surface area (Å²) in [6.07, 6.45) is 8.71. The molecule has 1 aromatic carbocycles. The Morgan fingerprint density at radius 1 is 1.05 bits per heavy atom. The zero-order valence-corrected chi connectivity index (χ0v) is 22.2. The highest BCUT2D eigenvalue weighted by molar-refractivity contribution is 5.96. The summed E-state index contributed by atoms with van der Waals surface area (Å²) in [4.78, 5) is 42.6. The number of rotatable bonds is 8. The van der Waals surface area contributed by atoms with Crippen LogP contribution in [0.15, 0.2) is 65.3 Å². The van der Waals surface area contributed by atoms with Crippen LogP contribution in [0.3, 0.4) is 0 Å². The molecule has 1 aliphatic carbocycles. The second-order valence-corrected chi connectivity index (χ2v) is 10.1. The molecule has 0 saturated heterocycles. The van der Waals surface area contributed by atoms with Gasteiger partial charge in [0.05, 0.1) is 0 Å². The number of fused-ring (bicyclic) bond motifs is 1. The van der Waals surface area contributed by atoms with E-state index >= 15 is 0 Å². The Kier molecular flexibility index (Phi) is 7.76. The first kappa shape index (κ1) is 26.2. The number of hydrogen-bond donors (Lipinski definition) is 3. The van der Waals surface area contributed by atoms with Crippen molar-refractivity contribution in [3.8, 4) is 11.3 Å². The number of nitrogens with one attached hydrogen (secondary N) is 3. The van der Waals surface area contributed by atoms with Gasteiger partial charge in [-0.3, -0.25) is 14.4 Å². The van der Waals surface area contributed by atoms with E-state index in [9.17, 15) is 14.4 Å². The first-order valence-electron chi connectivity index (χ1n) is 13.4. The molecular weight excluding hydrogens is 494 g/mol. The molecule has 1 atom stereocenters. The number of carbonyl (C=O) groups excluding carboxylic acids is 3. The Labute approximate surface area is 227 Å². The van der Waals surface area contributed by atoms with Gasteiger partial charge in [0.2, 0.25) is 5.91 Å². The summed E-state index contributed by atoms with van der Waals surface area (Å²) in [5.74, 6) is -0.0632. The average Bonchev–Trinajstić information content (AvgIpc) is 3.62. The van der Waals surface area contributed by atoms with Crippen molar-refractivity contribution in [2.75, 3.05) is 7.05 Å². The molecule has 202 valence electrons. The van der Waals surface area contributed by atoms with Gasteiger partial charge in [-0.2, -0.15) is 0 Å². The summed E-state index contributed by atoms with van der Waals surface area (Å²) in [5, 5.41) is 8.48. The van der Waals surface area contributed by atoms with Gasteiger partial charge in [-0.1, -0.05) is 37.5 Å². The molecule has 39 heavy (non-hydrogen) atoms. The highest BCUT2D eigenvalue weighted by atomic mass is 16.4. The van der Waals surface area contributed by atoms with E-state index in [0.717, 1.165) is 54.4 Å². The van der Waals surface area contributed by atoms with Crippen LogP contribution < -0.4 is 16.0 Å². The molecule has 1 aliphatic rings. The Balaban J connectivity index is 1.23. The van der Waals surface area contributed by atoms with Crippen molar-refractivity contribution in [2.45, 2.75) is 51.6 Å². The Morgan fingerprint density at radius 2 is 1.87 bits per heavy atom. The molecule has 3 N–H and O–H groups in total. The number of aryl methyl sites for hydroxylation is 1. The lowest BCUT2D eigenvalue weighted by molar-refractivity contribution is -0.124. The third-order valence-corrected chi connectivity index (χ3v) is 7.28. The molecule has 0 radical (unpaired) electrons. The fourth-order valence-corrected chi connectivity index (χ4v) is 5.15. The number of imidazole rings is 1. The zero-order chi connectivity index (χ0) is 27.4. The SMILES string of the molecule is CNC(=O)[C@@H](NC(=O)c1ccc(-c2cccc(CNC(=O)c3cn4ccc(C)cc4n3)c2)o1)C1CCCCC1. The van der Waals surface area contributed by atoms with Crippen molar-refractivity contribution in [3.05, 3.63) is 83.5 Å². The number of furan rings is 1. The number of carbonyl (C=O) groups is 3. The first-order chi connectivity index (χ1) is 18.9. The van der Waals surface area contributed by atoms with Crippen LogP contribution in [0.1, 0.15) is 64.3 Å². The quantitative estimate of drug-likeness (QED) is 0.317. The minimum atomic E-state index is -0.583. The Bertz CT molecular complexity index is 1500. The van der Waals surface area contributed by atoms with Gasteiger partial charge in [0, 0.05) is 31.5 Å². The second-order valence-electron chi connectivity index (χ2n) is 10.1. The van der Waals surface area contributed by atoms with E-state index in [4.69, 9.17) is 4.42 Å². The summed E-state index contributed by atoms with van der Waals surface area (Å²) >= 11 is 0. The highest BCUT2D eigenvalue weighted by Gasteiger charge is 2.31. The first-order valence-corrected chi connectivity index (χ1v) is 13.4. The molecule has 1 fully saturated rings. The van der Waals surface area contributed by atoms with Crippen LogP contribution in [0.4, 0.5) is 0 Å². The van der Waals surface area contributed by atoms with Crippen LogP contribution in [-0.2, 0) is 11.3 Å². The number of amides is 3. The van der Waals surface area contributed by atoms with Crippen molar-refractivity contribution >= 4 is 23.4 Å². The summed E-state index contributed by atoms with van der Waals surface area (Å²) < 4.78 is 7.70. The molecule has 0 spiro atoms. The fourth-order valence-electron chi connectivity index (χ4n) is 5.15. The number of nitrogens with zero attached hydrogens (tertiary/aromatic N) is 2. The van der Waals surface area contributed by atoms with E-state index in [-0.39, 0.29) is 23.5 Å². The Morgan fingerprint density at radius 3 is 2.67 bits per heavy atom. The largest absolute Gasteiger partial charge is 0.451 e. The third kappa shape index (κ3) is 6.03. The van der Waals surface area contributed by atoms with Crippen LogP contribution in [0.25, 0.3) is 17.0 Å². The molecule has 5 rings (SSSR count). The summed E-state index contributed by atoms with van der Waals surface area (Å²) in [7, 11) is 1.59. The van der Waals surface area contributed by atoms with E-state index in [1.807, 2.05) is 53.9 Å². The lowest BCUT2D eigenvalue weighted by Gasteiger charge is -2.29. The van der Waals surface area contributed by atoms with Gasteiger partial charge in [-0.15, -0.1) is 0 Å². The highest BCUT2D eigenvalue weighted by Crippen LogP contribution is 2.28. The number of likely N-dealkylation sites (N-methyl/N-ethyl adjacent to an activating group) is 1. The maximum Gasteiger partial charge on any atom is 0.287 e. The van der Waals surface area contributed by atoms with E-state index in [2.05, 4.69) is 20.9 Å². The van der Waals surface area contributed by atoms with Crippen LogP contribution in [-0.4, -0.2) is 40.2 Å². The van der Waals surface area contributed by atoms with Gasteiger partial charge >= 0.3 is 0 Å². The number of pyridine rings is 1. The van der Waals surface area contributed by atoms with Crippen LogP contribution in [0.5, 0.6) is 0 Å². The topological polar surface area (TPSA) is 118 Å². The van der Waals surface area contributed by atoms with Crippen molar-refractivity contribution < 1.29 is 18.8 Å². The summed E-state index contributed by atoms with van der Waals surface area (Å²) in [5.41, 5.74) is 3.80. The van der Waals surface area contributed by atoms with E-state index in [0.29, 0.717) is 18.0 Å². The molecule has 3 amide bonds. The second kappa shape index (κ2) is 11.6. The van der Waals surface area contributed by atoms with E-state index in [1.165, 1.54) is 0 Å². The van der Waals surface area contributed by atoms with E-state index < -0.39 is 11.9 Å². The van der Waals surface area contributed by atoms with Crippen LogP contribution >= 0.6 is 0 Å². The van der Waals surface area contributed by atoms with Gasteiger partial charge in [-0.25, -0.2) is 4.98 Å². The van der Waals surface area contributed by atoms with Crippen molar-refractivity contribution in [1.82, 2.24) is 25.3 Å². The van der Waals surface area contributed by atoms with Crippen LogP contribution in [0.2, 0.25) is 0 Å². The molecule has 0 unspecified atom stereocenters. The molecule has 9 nitrogen and oxygen atoms in total. The fraction of sp³-hybridized carbons (Fsp3) is 0.333. The van der Waals surface area contributed by atoms with Gasteiger partial charge in [0.1, 0.15) is 23.1 Å². The van der Waals surface area contributed by atoms with Crippen molar-refractivity contribution in [1.29, 1.82) is 0 Å². The normalized spacial score (nSPS) is 14.6. The summed E-state index contributed by atoms with van der Waals surface area (Å²) in [6.45, 7) is 2.29. The number of benzene rings is 1. The lowest BCUT2D eigenvalue weighted by Crippen LogP contribution is -2.50. The zero-order valence-electron chi connectivity index (χ0n) is 22.2. The minimum absolute atomic E-state index is 0.119. The molecule has 1 saturated carbocycles. The van der Waals surface area contributed by atoms with Gasteiger partial charge < -0.3 is 24.8 Å². The van der Waals surface area contributed by atoms with E-state index in [1.54, 1.807) is 25.4 Å². The number of aromatic nitrogens is 2. The monoisotopic (exact) mass is 527 g/mol. The molecular formula is C30H33N5O4. The molecule has 0 bridgehead atoms. The third-order valence-electron chi connectivity index (χ3n) is 7.28. The van der Waals surface area contributed by atoms with Crippen molar-refractivity contribution in [2.24, 2.45) is 5.92 Å². The lowest BCUT2D eigenvalue weighted by atomic mass is 9.83. The molecule has 3 heterocycles. The van der Waals surface area contributed by atoms with Crippen LogP contribution in [0, 0.1) is 12.8 Å². The summed E-state index contributed by atoms with van der Waals surface area (Å²) in [6, 6.07) is 14.2. The van der Waals surface area contributed by atoms with Crippen molar-refractivity contribution in [3.63, 3.8) is 0 Å². The van der Waals surface area contributed by atoms with Gasteiger partial charge in [0.15, 0.2) is 5.76 Å². The maximum absolute atomic E-state index is 13.0. The minimum Gasteiger partial charge on any atom is -0.451 e. The Hall–Kier alpha value is -4.40. The molecule has 3 aromatic heterocycles. The number of hydrogen-bond acceptors (Lipinski definition) is 5. The predicted octanol–water partition coefficient (Wildman–Crippen LogP) is 4.26.